The van der Waals surface area contributed by atoms with Crippen LogP contribution in [0, 0.1) is 6.92 Å². The van der Waals surface area contributed by atoms with Gasteiger partial charge in [-0.1, -0.05) is 37.3 Å². The minimum Gasteiger partial charge on any atom is -0.357 e. The number of aryl methyl sites for hydroxylation is 2. The van der Waals surface area contributed by atoms with Crippen molar-refractivity contribution in [2.45, 2.75) is 40.3 Å². The molecule has 0 spiro atoms. The van der Waals surface area contributed by atoms with Gasteiger partial charge in [0.2, 0.25) is 0 Å². The first-order valence-electron chi connectivity index (χ1n) is 9.17. The standard InChI is InChI=1S/C20H25N5S2.HI/c1-4-16-11-22-18(26-16)13-24-20(21-5-2)23-12-17-14(3)25-19(27-17)15-9-7-6-8-10-15;/h6-11H,4-5,12-13H2,1-3H3,(H2,21,23,24);1H. The highest BCUT2D eigenvalue weighted by molar-refractivity contribution is 14.0. The monoisotopic (exact) mass is 527 g/mol. The quantitative estimate of drug-likeness (QED) is 0.258. The minimum absolute atomic E-state index is 0. The number of nitrogens with zero attached hydrogens (tertiary/aromatic N) is 3. The van der Waals surface area contributed by atoms with Gasteiger partial charge >= 0.3 is 0 Å². The van der Waals surface area contributed by atoms with Gasteiger partial charge in [-0.05, 0) is 20.3 Å². The Bertz CT molecular complexity index is 889. The third-order valence-electron chi connectivity index (χ3n) is 4.00. The minimum atomic E-state index is 0. The SMILES string of the molecule is CCNC(=NCc1sc(-c2ccccc2)nc1C)NCc1ncc(CC)s1.I. The van der Waals surface area contributed by atoms with Gasteiger partial charge < -0.3 is 10.6 Å². The third-order valence-corrected chi connectivity index (χ3v) is 6.33. The fourth-order valence-corrected chi connectivity index (χ4v) is 4.32. The van der Waals surface area contributed by atoms with Crippen LogP contribution >= 0.6 is 46.7 Å². The number of hydrogen-bond donors (Lipinski definition) is 2. The molecule has 0 bridgehead atoms. The number of thiazole rings is 2. The molecular formula is C20H26IN5S2. The Morgan fingerprint density at radius 2 is 1.89 bits per heavy atom. The molecule has 0 radical (unpaired) electrons. The summed E-state index contributed by atoms with van der Waals surface area (Å²) in [6, 6.07) is 10.3. The normalized spacial score (nSPS) is 11.2. The molecule has 3 rings (SSSR count). The summed E-state index contributed by atoms with van der Waals surface area (Å²) in [6.07, 6.45) is 2.98. The molecule has 1 aromatic carbocycles. The Balaban J connectivity index is 0.00000280. The van der Waals surface area contributed by atoms with Gasteiger partial charge in [-0.25, -0.2) is 15.0 Å². The van der Waals surface area contributed by atoms with Gasteiger partial charge in [-0.15, -0.1) is 46.7 Å². The van der Waals surface area contributed by atoms with E-state index in [1.54, 1.807) is 22.7 Å². The van der Waals surface area contributed by atoms with Crippen LogP contribution in [0.15, 0.2) is 41.5 Å². The molecule has 0 aliphatic heterocycles. The summed E-state index contributed by atoms with van der Waals surface area (Å²) in [7, 11) is 0. The number of aromatic nitrogens is 2. The largest absolute Gasteiger partial charge is 0.357 e. The van der Waals surface area contributed by atoms with Crippen LogP contribution in [0.4, 0.5) is 0 Å². The van der Waals surface area contributed by atoms with Gasteiger partial charge in [0.05, 0.1) is 18.8 Å². The number of halogens is 1. The van der Waals surface area contributed by atoms with Crippen molar-refractivity contribution >= 4 is 52.6 Å². The van der Waals surface area contributed by atoms with Crippen LogP contribution in [0.1, 0.15) is 34.3 Å². The fraction of sp³-hybridized carbons (Fsp3) is 0.350. The summed E-state index contributed by atoms with van der Waals surface area (Å²) >= 11 is 3.46. The lowest BCUT2D eigenvalue weighted by atomic mass is 10.2. The molecular weight excluding hydrogens is 501 g/mol. The maximum absolute atomic E-state index is 4.74. The van der Waals surface area contributed by atoms with Crippen molar-refractivity contribution in [1.82, 2.24) is 20.6 Å². The zero-order chi connectivity index (χ0) is 19.1. The van der Waals surface area contributed by atoms with E-state index in [1.807, 2.05) is 24.4 Å². The second-order valence-corrected chi connectivity index (χ2v) is 8.30. The van der Waals surface area contributed by atoms with Crippen molar-refractivity contribution in [3.8, 4) is 10.6 Å². The van der Waals surface area contributed by atoms with E-state index in [1.165, 1.54) is 9.75 Å². The summed E-state index contributed by atoms with van der Waals surface area (Å²) in [5.41, 5.74) is 2.20. The molecule has 0 fully saturated rings. The van der Waals surface area contributed by atoms with E-state index in [0.29, 0.717) is 13.1 Å². The van der Waals surface area contributed by atoms with Gasteiger partial charge in [0, 0.05) is 28.1 Å². The Morgan fingerprint density at radius 3 is 2.57 bits per heavy atom. The first-order valence-corrected chi connectivity index (χ1v) is 10.8. The van der Waals surface area contributed by atoms with Crippen LogP contribution in [-0.2, 0) is 19.5 Å². The lowest BCUT2D eigenvalue weighted by Crippen LogP contribution is -2.36. The number of hydrogen-bond acceptors (Lipinski definition) is 5. The van der Waals surface area contributed by atoms with Gasteiger partial charge in [0.25, 0.3) is 0 Å². The van der Waals surface area contributed by atoms with E-state index in [-0.39, 0.29) is 24.0 Å². The molecule has 2 aromatic heterocycles. The van der Waals surface area contributed by atoms with Crippen LogP contribution in [0.2, 0.25) is 0 Å². The zero-order valence-electron chi connectivity index (χ0n) is 16.4. The highest BCUT2D eigenvalue weighted by Crippen LogP contribution is 2.28. The maximum atomic E-state index is 4.74. The lowest BCUT2D eigenvalue weighted by molar-refractivity contribution is 0.812. The molecule has 0 amide bonds. The molecule has 3 aromatic rings. The highest BCUT2D eigenvalue weighted by atomic mass is 127. The molecule has 0 aliphatic rings. The van der Waals surface area contributed by atoms with E-state index < -0.39 is 0 Å². The van der Waals surface area contributed by atoms with Crippen LogP contribution in [-0.4, -0.2) is 22.5 Å². The average Bonchev–Trinajstić information content (AvgIpc) is 3.31. The summed E-state index contributed by atoms with van der Waals surface area (Å²) in [5, 5.41) is 8.80. The van der Waals surface area contributed by atoms with Crippen molar-refractivity contribution in [3.05, 3.63) is 57.0 Å². The van der Waals surface area contributed by atoms with Crippen molar-refractivity contribution in [1.29, 1.82) is 0 Å². The predicted molar refractivity (Wildman–Crippen MR) is 131 cm³/mol. The number of benzene rings is 1. The first kappa shape index (κ1) is 22.8. The second kappa shape index (κ2) is 11.5. The summed E-state index contributed by atoms with van der Waals surface area (Å²) in [4.78, 5) is 16.4. The Morgan fingerprint density at radius 1 is 1.11 bits per heavy atom. The molecule has 0 atom stereocenters. The Hall–Kier alpha value is -1.52. The fourth-order valence-electron chi connectivity index (χ4n) is 2.52. The molecule has 2 heterocycles. The van der Waals surface area contributed by atoms with E-state index in [9.17, 15) is 0 Å². The number of guanidine groups is 1. The van der Waals surface area contributed by atoms with Crippen LogP contribution < -0.4 is 10.6 Å². The third kappa shape index (κ3) is 6.25. The van der Waals surface area contributed by atoms with Gasteiger partial charge in [0.15, 0.2) is 5.96 Å². The average molecular weight is 528 g/mol. The van der Waals surface area contributed by atoms with E-state index in [0.717, 1.165) is 40.2 Å². The molecule has 0 saturated heterocycles. The van der Waals surface area contributed by atoms with Crippen molar-refractivity contribution < 1.29 is 0 Å². The number of aliphatic imine (C=N–C) groups is 1. The topological polar surface area (TPSA) is 62.2 Å². The maximum Gasteiger partial charge on any atom is 0.191 e. The van der Waals surface area contributed by atoms with E-state index >= 15 is 0 Å². The number of nitrogens with one attached hydrogen (secondary N) is 2. The summed E-state index contributed by atoms with van der Waals surface area (Å²) in [6.45, 7) is 8.40. The summed E-state index contributed by atoms with van der Waals surface area (Å²) < 4.78 is 0. The van der Waals surface area contributed by atoms with E-state index in [4.69, 9.17) is 9.98 Å². The van der Waals surface area contributed by atoms with Gasteiger partial charge in [0.1, 0.15) is 10.0 Å². The molecule has 2 N–H and O–H groups in total. The Labute approximate surface area is 191 Å². The zero-order valence-corrected chi connectivity index (χ0v) is 20.3. The highest BCUT2D eigenvalue weighted by Gasteiger charge is 2.09. The van der Waals surface area contributed by atoms with Crippen molar-refractivity contribution in [2.75, 3.05) is 6.54 Å². The molecule has 5 nitrogen and oxygen atoms in total. The van der Waals surface area contributed by atoms with Crippen LogP contribution in [0.5, 0.6) is 0 Å². The molecule has 0 unspecified atom stereocenters. The van der Waals surface area contributed by atoms with Crippen LogP contribution in [0.3, 0.4) is 0 Å². The molecule has 150 valence electrons. The van der Waals surface area contributed by atoms with Crippen molar-refractivity contribution in [3.63, 3.8) is 0 Å². The molecule has 8 heteroatoms. The Kier molecular flexibility index (Phi) is 9.33. The molecule has 28 heavy (non-hydrogen) atoms. The lowest BCUT2D eigenvalue weighted by Gasteiger charge is -2.09. The molecule has 0 aliphatic carbocycles. The van der Waals surface area contributed by atoms with Crippen molar-refractivity contribution in [2.24, 2.45) is 4.99 Å². The van der Waals surface area contributed by atoms with Gasteiger partial charge in [-0.3, -0.25) is 0 Å². The second-order valence-electron chi connectivity index (χ2n) is 6.02. The summed E-state index contributed by atoms with van der Waals surface area (Å²) in [5.74, 6) is 0.805. The molecule has 0 saturated carbocycles. The predicted octanol–water partition coefficient (Wildman–Crippen LogP) is 5.01. The first-order chi connectivity index (χ1) is 13.2. The smallest absolute Gasteiger partial charge is 0.191 e. The van der Waals surface area contributed by atoms with E-state index in [2.05, 4.69) is 48.5 Å². The van der Waals surface area contributed by atoms with Gasteiger partial charge in [-0.2, -0.15) is 0 Å². The van der Waals surface area contributed by atoms with Crippen LogP contribution in [0.25, 0.3) is 10.6 Å². The number of rotatable bonds is 7.